The zero-order chi connectivity index (χ0) is 38.0. The van der Waals surface area contributed by atoms with Crippen molar-refractivity contribution in [3.63, 3.8) is 0 Å². The van der Waals surface area contributed by atoms with Crippen LogP contribution in [0.2, 0.25) is 20.1 Å². The van der Waals surface area contributed by atoms with Gasteiger partial charge in [0.1, 0.15) is 9.84 Å². The largest absolute Gasteiger partial charge is 0.322 e. The first kappa shape index (κ1) is 38.4. The number of anilines is 2. The summed E-state index contributed by atoms with van der Waals surface area (Å²) in [6, 6.07) is 13.9. The molecular formula is C36H32Cl4N8O4S2. The van der Waals surface area contributed by atoms with Crippen LogP contribution in [-0.2, 0) is 9.84 Å². The smallest absolute Gasteiger partial charge is 0.258 e. The standard InChI is InChI=1S/C18H16Cl2N4O3S.C18H16Cl2N4OS/c19-11-1-3-12(4-2-11)23-18(25)15-9-21-17-14(16(15)20)10-22-24(17)13-5-7-28(26,27)8-6-13;19-11-1-3-12(4-2-11)23-18(25)15-9-21-17-14(16(15)20)10-22-24(17)13-5-7-26-8-6-13/h1-4,9-10,13H,5-8H2,(H,23,25);1-4,9-10,13H,5-8H2,(H,23,25). The maximum absolute atomic E-state index is 12.6. The van der Waals surface area contributed by atoms with E-state index in [0.717, 1.165) is 30.0 Å². The van der Waals surface area contributed by atoms with E-state index in [9.17, 15) is 18.0 Å². The fourth-order valence-electron chi connectivity index (χ4n) is 6.30. The van der Waals surface area contributed by atoms with Crippen LogP contribution in [0, 0.1) is 0 Å². The molecule has 18 heteroatoms. The Bertz CT molecular complexity index is 2440. The lowest BCUT2D eigenvalue weighted by atomic mass is 10.1. The zero-order valence-corrected chi connectivity index (χ0v) is 33.0. The summed E-state index contributed by atoms with van der Waals surface area (Å²) in [5, 5.41) is 17.5. The highest BCUT2D eigenvalue weighted by molar-refractivity contribution is 7.99. The van der Waals surface area contributed by atoms with E-state index in [0.29, 0.717) is 67.3 Å². The Morgan fingerprint density at radius 2 is 1.04 bits per heavy atom. The Balaban J connectivity index is 0.000000167. The number of hydrogen-bond acceptors (Lipinski definition) is 9. The molecule has 2 aromatic carbocycles. The van der Waals surface area contributed by atoms with E-state index in [1.807, 2.05) is 16.4 Å². The van der Waals surface area contributed by atoms with Crippen LogP contribution in [0.4, 0.5) is 11.4 Å². The summed E-state index contributed by atoms with van der Waals surface area (Å²) < 4.78 is 27.0. The first-order chi connectivity index (χ1) is 26.0. The van der Waals surface area contributed by atoms with Gasteiger partial charge in [0.2, 0.25) is 0 Å². The molecule has 4 aromatic heterocycles. The quantitative estimate of drug-likeness (QED) is 0.167. The fraction of sp³-hybridized carbons (Fsp3) is 0.278. The average Bonchev–Trinajstić information content (AvgIpc) is 3.81. The van der Waals surface area contributed by atoms with E-state index < -0.39 is 15.7 Å². The number of carbonyl (C=O) groups is 2. The number of benzene rings is 2. The molecule has 0 spiro atoms. The molecule has 0 unspecified atom stereocenters. The molecule has 2 saturated heterocycles. The molecule has 2 aliphatic heterocycles. The maximum atomic E-state index is 12.6. The van der Waals surface area contributed by atoms with Crippen LogP contribution in [0.5, 0.6) is 0 Å². The van der Waals surface area contributed by atoms with Gasteiger partial charge in [0, 0.05) is 33.8 Å². The first-order valence-electron chi connectivity index (χ1n) is 16.9. The lowest BCUT2D eigenvalue weighted by Crippen LogP contribution is -2.26. The minimum Gasteiger partial charge on any atom is -0.322 e. The van der Waals surface area contributed by atoms with E-state index in [1.165, 1.54) is 12.4 Å². The third-order valence-corrected chi connectivity index (χ3v) is 13.3. The highest BCUT2D eigenvalue weighted by Gasteiger charge is 2.28. The predicted molar refractivity (Wildman–Crippen MR) is 216 cm³/mol. The molecule has 6 heterocycles. The fourth-order valence-corrected chi connectivity index (χ4v) is 9.64. The van der Waals surface area contributed by atoms with Crippen molar-refractivity contribution in [2.75, 3.05) is 33.6 Å². The van der Waals surface area contributed by atoms with E-state index in [-0.39, 0.29) is 34.0 Å². The van der Waals surface area contributed by atoms with Crippen LogP contribution < -0.4 is 10.6 Å². The van der Waals surface area contributed by atoms with Crippen LogP contribution >= 0.6 is 58.2 Å². The molecule has 6 aromatic rings. The minimum absolute atomic E-state index is 0.0571. The van der Waals surface area contributed by atoms with Crippen molar-refractivity contribution >= 4 is 113 Å². The third-order valence-electron chi connectivity index (χ3n) is 9.22. The van der Waals surface area contributed by atoms with E-state index in [2.05, 4.69) is 30.8 Å². The van der Waals surface area contributed by atoms with Crippen molar-refractivity contribution in [2.24, 2.45) is 0 Å². The molecule has 0 bridgehead atoms. The maximum Gasteiger partial charge on any atom is 0.258 e. The molecule has 0 radical (unpaired) electrons. The highest BCUT2D eigenvalue weighted by atomic mass is 35.5. The Morgan fingerprint density at radius 1 is 0.630 bits per heavy atom. The number of amides is 2. The van der Waals surface area contributed by atoms with Crippen molar-refractivity contribution in [3.05, 3.63) is 105 Å². The number of aromatic nitrogens is 6. The number of fused-ring (bicyclic) bond motifs is 2. The van der Waals surface area contributed by atoms with Crippen molar-refractivity contribution in [3.8, 4) is 0 Å². The molecule has 2 aliphatic rings. The summed E-state index contributed by atoms with van der Waals surface area (Å²) in [6.45, 7) is 0. The summed E-state index contributed by atoms with van der Waals surface area (Å²) in [6.07, 6.45) is 9.30. The second kappa shape index (κ2) is 16.4. The molecular weight excluding hydrogens is 814 g/mol. The summed E-state index contributed by atoms with van der Waals surface area (Å²) in [7, 11) is -2.97. The van der Waals surface area contributed by atoms with Crippen molar-refractivity contribution in [1.29, 1.82) is 0 Å². The molecule has 0 atom stereocenters. The number of nitrogens with one attached hydrogen (secondary N) is 2. The van der Waals surface area contributed by atoms with Crippen molar-refractivity contribution in [2.45, 2.75) is 37.8 Å². The zero-order valence-electron chi connectivity index (χ0n) is 28.4. The molecule has 2 fully saturated rings. The van der Waals surface area contributed by atoms with Crippen molar-refractivity contribution < 1.29 is 18.0 Å². The Hall–Kier alpha value is -3.92. The Kier molecular flexibility index (Phi) is 11.7. The average molecular weight is 847 g/mol. The van der Waals surface area contributed by atoms with Gasteiger partial charge in [-0.2, -0.15) is 22.0 Å². The molecule has 2 amide bonds. The summed E-state index contributed by atoms with van der Waals surface area (Å²) in [4.78, 5) is 34.0. The Labute approximate surface area is 334 Å². The molecule has 2 N–H and O–H groups in total. The predicted octanol–water partition coefficient (Wildman–Crippen LogP) is 8.80. The first-order valence-corrected chi connectivity index (χ1v) is 21.4. The van der Waals surface area contributed by atoms with E-state index in [4.69, 9.17) is 46.4 Å². The van der Waals surface area contributed by atoms with Crippen LogP contribution in [0.15, 0.2) is 73.3 Å². The number of rotatable bonds is 6. The summed E-state index contributed by atoms with van der Waals surface area (Å²) >= 11 is 26.6. The van der Waals surface area contributed by atoms with Crippen LogP contribution in [0.3, 0.4) is 0 Å². The van der Waals surface area contributed by atoms with Crippen molar-refractivity contribution in [1.82, 2.24) is 29.5 Å². The molecule has 0 saturated carbocycles. The monoisotopic (exact) mass is 844 g/mol. The molecule has 54 heavy (non-hydrogen) atoms. The van der Waals surface area contributed by atoms with Gasteiger partial charge >= 0.3 is 0 Å². The topological polar surface area (TPSA) is 154 Å². The lowest BCUT2D eigenvalue weighted by Gasteiger charge is -2.22. The van der Waals surface area contributed by atoms with Gasteiger partial charge in [-0.15, -0.1) is 0 Å². The van der Waals surface area contributed by atoms with Gasteiger partial charge in [0.25, 0.3) is 11.8 Å². The third kappa shape index (κ3) is 8.48. The van der Waals surface area contributed by atoms with Gasteiger partial charge in [-0.05, 0) is 85.7 Å². The SMILES string of the molecule is O=C(Nc1ccc(Cl)cc1)c1cnc2c(cnn2C2CCS(=O)(=O)CC2)c1Cl.O=C(Nc1ccc(Cl)cc1)c1cnc2c(cnn2C2CCSCC2)c1Cl. The number of carbonyl (C=O) groups excluding carboxylic acids is 2. The lowest BCUT2D eigenvalue weighted by molar-refractivity contribution is 0.101. The molecule has 12 nitrogen and oxygen atoms in total. The number of thioether (sulfide) groups is 1. The second-order valence-electron chi connectivity index (χ2n) is 12.8. The number of sulfone groups is 1. The molecule has 280 valence electrons. The number of hydrogen-bond donors (Lipinski definition) is 2. The molecule has 0 aliphatic carbocycles. The Morgan fingerprint density at radius 3 is 1.46 bits per heavy atom. The van der Waals surface area contributed by atoms with Gasteiger partial charge < -0.3 is 10.6 Å². The van der Waals surface area contributed by atoms with Gasteiger partial charge in [-0.3, -0.25) is 9.59 Å². The van der Waals surface area contributed by atoms with Gasteiger partial charge in [-0.1, -0.05) is 46.4 Å². The van der Waals surface area contributed by atoms with E-state index in [1.54, 1.807) is 65.6 Å². The van der Waals surface area contributed by atoms with Gasteiger partial charge in [0.05, 0.1) is 67.9 Å². The minimum atomic E-state index is -2.97. The van der Waals surface area contributed by atoms with Crippen LogP contribution in [-0.4, -0.2) is 72.8 Å². The van der Waals surface area contributed by atoms with Gasteiger partial charge in [0.15, 0.2) is 11.3 Å². The number of halogens is 4. The second-order valence-corrected chi connectivity index (χ2v) is 17.9. The summed E-state index contributed by atoms with van der Waals surface area (Å²) in [5.74, 6) is 1.82. The number of nitrogens with zero attached hydrogens (tertiary/aromatic N) is 6. The van der Waals surface area contributed by atoms with E-state index >= 15 is 0 Å². The van der Waals surface area contributed by atoms with Crippen LogP contribution in [0.1, 0.15) is 58.5 Å². The summed E-state index contributed by atoms with van der Waals surface area (Å²) in [5.41, 5.74) is 3.06. The van der Waals surface area contributed by atoms with Gasteiger partial charge in [-0.25, -0.2) is 27.7 Å². The normalized spacial score (nSPS) is 16.1. The highest BCUT2D eigenvalue weighted by Crippen LogP contribution is 2.33. The molecule has 8 rings (SSSR count). The van der Waals surface area contributed by atoms with Crippen LogP contribution in [0.25, 0.3) is 22.1 Å². The number of pyridine rings is 2.